The van der Waals surface area contributed by atoms with Crippen LogP contribution in [-0.4, -0.2) is 30.4 Å². The molecule has 0 bridgehead atoms. The van der Waals surface area contributed by atoms with E-state index in [2.05, 4.69) is 16.0 Å². The maximum atomic E-state index is 11.9. The van der Waals surface area contributed by atoms with Crippen LogP contribution in [0, 0.1) is 0 Å². The maximum absolute atomic E-state index is 11.9. The van der Waals surface area contributed by atoms with Gasteiger partial charge in [-0.25, -0.2) is 0 Å². The molecule has 5 nitrogen and oxygen atoms in total. The Kier molecular flexibility index (Phi) is 5.75. The molecule has 0 heterocycles. The van der Waals surface area contributed by atoms with Gasteiger partial charge in [0.05, 0.1) is 6.04 Å². The standard InChI is InChI=1S/C16H23N3O2/c1-12(16(21)19-13-6-3-2-4-7-13)17-11-5-8-15(20)18-14-9-10-14/h2-4,6-7,12,14,17H,5,8-11H2,1H3,(H,18,20)(H,19,21). The molecular weight excluding hydrogens is 266 g/mol. The largest absolute Gasteiger partial charge is 0.353 e. The number of anilines is 1. The number of carbonyl (C=O) groups is 2. The van der Waals surface area contributed by atoms with Gasteiger partial charge in [-0.3, -0.25) is 9.59 Å². The highest BCUT2D eigenvalue weighted by Gasteiger charge is 2.22. The summed E-state index contributed by atoms with van der Waals surface area (Å²) in [4.78, 5) is 23.4. The van der Waals surface area contributed by atoms with Crippen molar-refractivity contribution in [2.45, 2.75) is 44.7 Å². The third-order valence-corrected chi connectivity index (χ3v) is 3.41. The summed E-state index contributed by atoms with van der Waals surface area (Å²) in [6.45, 7) is 2.48. The molecule has 1 aliphatic carbocycles. The van der Waals surface area contributed by atoms with Crippen molar-refractivity contribution in [1.82, 2.24) is 10.6 Å². The van der Waals surface area contributed by atoms with E-state index in [9.17, 15) is 9.59 Å². The van der Waals surface area contributed by atoms with Gasteiger partial charge in [0.25, 0.3) is 0 Å². The SMILES string of the molecule is CC(NCCCC(=O)NC1CC1)C(=O)Nc1ccccc1. The van der Waals surface area contributed by atoms with Gasteiger partial charge in [0.15, 0.2) is 0 Å². The summed E-state index contributed by atoms with van der Waals surface area (Å²) < 4.78 is 0. The molecule has 0 aliphatic heterocycles. The lowest BCUT2D eigenvalue weighted by Crippen LogP contribution is -2.38. The summed E-state index contributed by atoms with van der Waals surface area (Å²) in [5.41, 5.74) is 0.792. The first kappa shape index (κ1) is 15.5. The van der Waals surface area contributed by atoms with Crippen molar-refractivity contribution in [3.63, 3.8) is 0 Å². The van der Waals surface area contributed by atoms with Crippen molar-refractivity contribution in [3.05, 3.63) is 30.3 Å². The molecule has 1 fully saturated rings. The van der Waals surface area contributed by atoms with Crippen LogP contribution in [0.5, 0.6) is 0 Å². The molecule has 0 spiro atoms. The Bertz CT molecular complexity index is 472. The molecule has 1 unspecified atom stereocenters. The summed E-state index contributed by atoms with van der Waals surface area (Å²) in [6.07, 6.45) is 3.47. The van der Waals surface area contributed by atoms with E-state index in [1.54, 1.807) is 0 Å². The molecular formula is C16H23N3O2. The van der Waals surface area contributed by atoms with E-state index in [1.165, 1.54) is 0 Å². The summed E-state index contributed by atoms with van der Waals surface area (Å²) in [5, 5.41) is 8.93. The van der Waals surface area contributed by atoms with Crippen LogP contribution in [0.3, 0.4) is 0 Å². The second kappa shape index (κ2) is 7.78. The van der Waals surface area contributed by atoms with Gasteiger partial charge in [-0.1, -0.05) is 18.2 Å². The van der Waals surface area contributed by atoms with Gasteiger partial charge in [-0.15, -0.1) is 0 Å². The highest BCUT2D eigenvalue weighted by atomic mass is 16.2. The minimum absolute atomic E-state index is 0.0661. The molecule has 1 aromatic rings. The van der Waals surface area contributed by atoms with Crippen LogP contribution >= 0.6 is 0 Å². The highest BCUT2D eigenvalue weighted by molar-refractivity contribution is 5.94. The van der Waals surface area contributed by atoms with E-state index in [1.807, 2.05) is 37.3 Å². The van der Waals surface area contributed by atoms with Crippen molar-refractivity contribution in [2.24, 2.45) is 0 Å². The lowest BCUT2D eigenvalue weighted by Gasteiger charge is -2.14. The van der Waals surface area contributed by atoms with Crippen molar-refractivity contribution in [3.8, 4) is 0 Å². The minimum Gasteiger partial charge on any atom is -0.353 e. The Morgan fingerprint density at radius 3 is 2.62 bits per heavy atom. The molecule has 0 radical (unpaired) electrons. The Hall–Kier alpha value is -1.88. The van der Waals surface area contributed by atoms with Crippen molar-refractivity contribution in [2.75, 3.05) is 11.9 Å². The fourth-order valence-corrected chi connectivity index (χ4v) is 1.96. The van der Waals surface area contributed by atoms with Crippen molar-refractivity contribution < 1.29 is 9.59 Å². The van der Waals surface area contributed by atoms with Crippen LogP contribution in [0.1, 0.15) is 32.6 Å². The zero-order valence-corrected chi connectivity index (χ0v) is 12.4. The first-order valence-corrected chi connectivity index (χ1v) is 7.54. The molecule has 1 saturated carbocycles. The van der Waals surface area contributed by atoms with E-state index >= 15 is 0 Å². The molecule has 0 aromatic heterocycles. The van der Waals surface area contributed by atoms with E-state index in [4.69, 9.17) is 0 Å². The summed E-state index contributed by atoms with van der Waals surface area (Å²) >= 11 is 0. The molecule has 0 saturated heterocycles. The van der Waals surface area contributed by atoms with Crippen LogP contribution in [0.4, 0.5) is 5.69 Å². The first-order valence-electron chi connectivity index (χ1n) is 7.54. The molecule has 3 N–H and O–H groups in total. The second-order valence-corrected chi connectivity index (χ2v) is 5.48. The number of amides is 2. The number of benzene rings is 1. The van der Waals surface area contributed by atoms with E-state index in [0.29, 0.717) is 19.0 Å². The van der Waals surface area contributed by atoms with Crippen molar-refractivity contribution in [1.29, 1.82) is 0 Å². The monoisotopic (exact) mass is 289 g/mol. The van der Waals surface area contributed by atoms with Crippen LogP contribution < -0.4 is 16.0 Å². The minimum atomic E-state index is -0.281. The summed E-state index contributed by atoms with van der Waals surface area (Å²) in [7, 11) is 0. The summed E-state index contributed by atoms with van der Waals surface area (Å²) in [5.74, 6) is 0.0457. The number of hydrogen-bond acceptors (Lipinski definition) is 3. The molecule has 21 heavy (non-hydrogen) atoms. The van der Waals surface area contributed by atoms with Crippen molar-refractivity contribution >= 4 is 17.5 Å². The molecule has 2 rings (SSSR count). The quantitative estimate of drug-likeness (QED) is 0.637. The Morgan fingerprint density at radius 1 is 1.24 bits per heavy atom. The number of nitrogens with one attached hydrogen (secondary N) is 3. The van der Waals surface area contributed by atoms with E-state index in [0.717, 1.165) is 24.9 Å². The van der Waals surface area contributed by atoms with Gasteiger partial charge in [-0.05, 0) is 44.9 Å². The fourth-order valence-electron chi connectivity index (χ4n) is 1.96. The predicted octanol–water partition coefficient (Wildman–Crippen LogP) is 1.66. The number of carbonyl (C=O) groups excluding carboxylic acids is 2. The van der Waals surface area contributed by atoms with Crippen LogP contribution in [0.25, 0.3) is 0 Å². The van der Waals surface area contributed by atoms with Crippen LogP contribution in [-0.2, 0) is 9.59 Å². The molecule has 5 heteroatoms. The number of para-hydroxylation sites is 1. The molecule has 1 aliphatic rings. The molecule has 1 atom stereocenters. The zero-order chi connectivity index (χ0) is 15.1. The van der Waals surface area contributed by atoms with E-state index < -0.39 is 0 Å². The van der Waals surface area contributed by atoms with Crippen LogP contribution in [0.15, 0.2) is 30.3 Å². The third-order valence-electron chi connectivity index (χ3n) is 3.41. The lowest BCUT2D eigenvalue weighted by molar-refractivity contribution is -0.121. The maximum Gasteiger partial charge on any atom is 0.241 e. The number of hydrogen-bond donors (Lipinski definition) is 3. The zero-order valence-electron chi connectivity index (χ0n) is 12.4. The Labute approximate surface area is 125 Å². The first-order chi connectivity index (χ1) is 10.1. The second-order valence-electron chi connectivity index (χ2n) is 5.48. The Balaban J connectivity index is 1.58. The predicted molar refractivity (Wildman–Crippen MR) is 82.9 cm³/mol. The van der Waals surface area contributed by atoms with Gasteiger partial charge in [0.2, 0.25) is 11.8 Å². The fraction of sp³-hybridized carbons (Fsp3) is 0.500. The normalized spacial score (nSPS) is 15.3. The average Bonchev–Trinajstić information content (AvgIpc) is 3.28. The summed E-state index contributed by atoms with van der Waals surface area (Å²) in [6, 6.07) is 9.51. The molecule has 1 aromatic carbocycles. The molecule has 2 amide bonds. The smallest absolute Gasteiger partial charge is 0.241 e. The van der Waals surface area contributed by atoms with Gasteiger partial charge in [0, 0.05) is 18.2 Å². The topological polar surface area (TPSA) is 70.2 Å². The Morgan fingerprint density at radius 2 is 1.95 bits per heavy atom. The van der Waals surface area contributed by atoms with Gasteiger partial charge in [0.1, 0.15) is 0 Å². The third kappa shape index (κ3) is 5.95. The van der Waals surface area contributed by atoms with E-state index in [-0.39, 0.29) is 17.9 Å². The average molecular weight is 289 g/mol. The van der Waals surface area contributed by atoms with Crippen LogP contribution in [0.2, 0.25) is 0 Å². The number of rotatable bonds is 8. The lowest BCUT2D eigenvalue weighted by atomic mass is 10.2. The van der Waals surface area contributed by atoms with Gasteiger partial charge >= 0.3 is 0 Å². The van der Waals surface area contributed by atoms with Gasteiger partial charge < -0.3 is 16.0 Å². The van der Waals surface area contributed by atoms with Gasteiger partial charge in [-0.2, -0.15) is 0 Å². The highest BCUT2D eigenvalue weighted by Crippen LogP contribution is 2.18. The molecule has 114 valence electrons.